The van der Waals surface area contributed by atoms with Crippen molar-refractivity contribution in [2.45, 2.75) is 80.1 Å². The van der Waals surface area contributed by atoms with Gasteiger partial charge in [0.2, 0.25) is 0 Å². The first-order chi connectivity index (χ1) is 62.2. The predicted octanol–water partition coefficient (Wildman–Crippen LogP) is 31.4. The molecule has 0 aliphatic heterocycles. The van der Waals surface area contributed by atoms with Gasteiger partial charge in [0.25, 0.3) is 0 Å². The highest BCUT2D eigenvalue weighted by Crippen LogP contribution is 2.49. The molecule has 0 aliphatic carbocycles. The molecule has 19 aromatic rings. The van der Waals surface area contributed by atoms with Crippen LogP contribution in [-0.4, -0.2) is 29.9 Å². The lowest BCUT2D eigenvalue weighted by atomic mass is 9.84. The molecule has 0 bridgehead atoms. The van der Waals surface area contributed by atoms with Gasteiger partial charge in [-0.2, -0.15) is 0 Å². The van der Waals surface area contributed by atoms with Gasteiger partial charge in [-0.05, 0) is 333 Å². The average Bonchev–Trinajstić information content (AvgIpc) is 0.761. The minimum Gasteiger partial charge on any atom is -0.256 e. The fourth-order valence-electron chi connectivity index (χ4n) is 18.7. The summed E-state index contributed by atoms with van der Waals surface area (Å²) in [6, 6.07) is 136. The number of benzene rings is 14. The van der Waals surface area contributed by atoms with Gasteiger partial charge in [-0.25, -0.2) is 9.97 Å². The highest BCUT2D eigenvalue weighted by Gasteiger charge is 2.24. The lowest BCUT2D eigenvalue weighted by Crippen LogP contribution is -1.97. The smallest absolute Gasteiger partial charge is 0.116 e. The van der Waals surface area contributed by atoms with Crippen molar-refractivity contribution >= 4 is 0 Å². The van der Waals surface area contributed by atoms with Gasteiger partial charge in [0.15, 0.2) is 0 Å². The number of aromatic nitrogens is 6. The van der Waals surface area contributed by atoms with Gasteiger partial charge in [-0.15, -0.1) is 0 Å². The molecule has 126 heavy (non-hydrogen) atoms. The molecule has 0 unspecified atom stereocenters. The van der Waals surface area contributed by atoms with Gasteiger partial charge in [-0.1, -0.05) is 284 Å². The van der Waals surface area contributed by atoms with Crippen molar-refractivity contribution in [2.24, 2.45) is 0 Å². The summed E-state index contributed by atoms with van der Waals surface area (Å²) in [6.07, 6.45) is 14.3. The van der Waals surface area contributed by atoms with Crippen LogP contribution in [0.4, 0.5) is 0 Å². The minimum atomic E-state index is 0.804. The monoisotopic (exact) mass is 1620 g/mol. The van der Waals surface area contributed by atoms with E-state index in [4.69, 9.17) is 29.9 Å². The Morgan fingerprint density at radius 1 is 0.135 bits per heavy atom. The standard InChI is InChI=1S/C120H96N6/c1-7-79-65-85(115-45-25-29-61-121-115)49-55-103(79)109-39-19-13-33-97(109)91-71-92(98-34-14-20-40-110(98)104-56-50-86(66-80(104)8-2)116-46-26-30-62-122-116)74-95(73-91)101-37-17-23-43-113(101)107-59-53-89(69-83(107)11-5)119-77-120(126-78-125-119)90-54-60-108(84(12-6)70-90)114-44-24-18-38-102(114)96-75-93(99-35-15-21-41-111(99)105-57-51-87(67-81(105)9-3)117-47-27-31-63-123-117)72-94(76-96)100-36-16-22-42-112(100)106-58-52-88(68-82(106)10-4)118-48-28-32-64-124-118/h13-78H,7-12H2,1-6H3. The second kappa shape index (κ2) is 36.4. The number of rotatable bonds is 24. The van der Waals surface area contributed by atoms with Gasteiger partial charge in [0.05, 0.1) is 34.2 Å². The molecule has 0 saturated heterocycles. The second-order valence-corrected chi connectivity index (χ2v) is 32.4. The summed E-state index contributed by atoms with van der Waals surface area (Å²) in [4.78, 5) is 29.1. The normalized spacial score (nSPS) is 11.3. The van der Waals surface area contributed by atoms with E-state index in [1.54, 1.807) is 6.33 Å². The molecular formula is C120H96N6. The van der Waals surface area contributed by atoms with Crippen LogP contribution in [0.15, 0.2) is 401 Å². The van der Waals surface area contributed by atoms with Crippen molar-refractivity contribution in [1.29, 1.82) is 0 Å². The number of nitrogens with zero attached hydrogens (tertiary/aromatic N) is 6. The molecule has 0 N–H and O–H groups in total. The molecule has 0 fully saturated rings. The van der Waals surface area contributed by atoms with Crippen LogP contribution in [0, 0.1) is 0 Å². The van der Waals surface area contributed by atoms with Crippen LogP contribution in [0.2, 0.25) is 0 Å². The first-order valence-corrected chi connectivity index (χ1v) is 44.3. The summed E-state index contributed by atoms with van der Waals surface area (Å²) < 4.78 is 0. The third-order valence-corrected chi connectivity index (χ3v) is 25.1. The van der Waals surface area contributed by atoms with E-state index in [1.807, 2.05) is 49.1 Å². The summed E-state index contributed by atoms with van der Waals surface area (Å²) in [5.74, 6) is 0. The average molecular weight is 1620 g/mol. The van der Waals surface area contributed by atoms with Crippen LogP contribution in [0.25, 0.3) is 201 Å². The molecule has 0 radical (unpaired) electrons. The molecule has 0 atom stereocenters. The Bertz CT molecular complexity index is 6480. The van der Waals surface area contributed by atoms with Crippen molar-refractivity contribution in [1.82, 2.24) is 29.9 Å². The summed E-state index contributed by atoms with van der Waals surface area (Å²) in [5, 5.41) is 0. The Balaban J connectivity index is 0.684. The predicted molar refractivity (Wildman–Crippen MR) is 527 cm³/mol. The lowest BCUT2D eigenvalue weighted by molar-refractivity contribution is 1.13. The van der Waals surface area contributed by atoms with E-state index in [9.17, 15) is 0 Å². The molecule has 6 nitrogen and oxygen atoms in total. The molecule has 0 saturated carbocycles. The second-order valence-electron chi connectivity index (χ2n) is 32.4. The zero-order valence-electron chi connectivity index (χ0n) is 72.0. The summed E-state index contributed by atoms with van der Waals surface area (Å²) in [7, 11) is 0. The Morgan fingerprint density at radius 3 is 0.484 bits per heavy atom. The van der Waals surface area contributed by atoms with Crippen molar-refractivity contribution in [3.8, 4) is 201 Å². The molecule has 19 rings (SSSR count). The van der Waals surface area contributed by atoms with Crippen LogP contribution in [0.1, 0.15) is 74.9 Å². The molecule has 5 heterocycles. The van der Waals surface area contributed by atoms with Crippen LogP contribution in [0.5, 0.6) is 0 Å². The Hall–Kier alpha value is -15.2. The zero-order valence-corrected chi connectivity index (χ0v) is 72.0. The summed E-state index contributed by atoms with van der Waals surface area (Å²) in [6.45, 7) is 13.6. The molecular weight excluding hydrogens is 1530 g/mol. The molecule has 14 aromatic carbocycles. The number of pyridine rings is 4. The molecule has 0 amide bonds. The van der Waals surface area contributed by atoms with E-state index in [1.165, 1.54) is 111 Å². The van der Waals surface area contributed by atoms with Crippen molar-refractivity contribution in [3.63, 3.8) is 0 Å². The van der Waals surface area contributed by atoms with E-state index in [-0.39, 0.29) is 0 Å². The van der Waals surface area contributed by atoms with Crippen LogP contribution in [0.3, 0.4) is 0 Å². The third-order valence-electron chi connectivity index (χ3n) is 25.1. The third kappa shape index (κ3) is 16.3. The van der Waals surface area contributed by atoms with Gasteiger partial charge in [0.1, 0.15) is 6.33 Å². The molecule has 606 valence electrons. The zero-order chi connectivity index (χ0) is 85.4. The fraction of sp³-hybridized carbons (Fsp3) is 0.100. The maximum atomic E-state index is 5.05. The van der Waals surface area contributed by atoms with Crippen molar-refractivity contribution in [2.75, 3.05) is 0 Å². The number of hydrogen-bond donors (Lipinski definition) is 0. The topological polar surface area (TPSA) is 77.3 Å². The SMILES string of the molecule is CCc1cc(-c2ccccn2)ccc1-c1ccccc1-c1cc(-c2ccccc2-c2ccc(-c3ccccn3)cc2CC)cc(-c2ccccc2-c2ccc(-c3cc(-c4ccc(-c5ccccc5-c5cc(-c6ccccc6-c6ccc(-c7ccccn7)cc6CC)cc(-c6ccccc6-c6ccc(-c7ccccn7)cc6CC)c5)c(CC)c4)ncn3)cc2CC)c1. The quantitative estimate of drug-likeness (QED) is 0.0600. The summed E-state index contributed by atoms with van der Waals surface area (Å²) in [5.41, 5.74) is 47.8. The maximum absolute atomic E-state index is 5.05. The van der Waals surface area contributed by atoms with E-state index < -0.39 is 0 Å². The largest absolute Gasteiger partial charge is 0.256 e. The van der Waals surface area contributed by atoms with Crippen LogP contribution in [-0.2, 0) is 38.5 Å². The molecule has 5 aromatic heterocycles. The Labute approximate surface area is 740 Å². The highest BCUT2D eigenvalue weighted by atomic mass is 14.8. The molecule has 0 spiro atoms. The summed E-state index contributed by atoms with van der Waals surface area (Å²) >= 11 is 0. The van der Waals surface area contributed by atoms with Crippen molar-refractivity contribution < 1.29 is 0 Å². The molecule has 0 aliphatic rings. The fourth-order valence-corrected chi connectivity index (χ4v) is 18.7. The van der Waals surface area contributed by atoms with Crippen LogP contribution < -0.4 is 0 Å². The highest BCUT2D eigenvalue weighted by molar-refractivity contribution is 5.99. The van der Waals surface area contributed by atoms with Gasteiger partial charge in [-0.3, -0.25) is 19.9 Å². The van der Waals surface area contributed by atoms with E-state index >= 15 is 0 Å². The van der Waals surface area contributed by atoms with E-state index in [2.05, 4.69) is 387 Å². The number of hydrogen-bond acceptors (Lipinski definition) is 6. The molecule has 6 heteroatoms. The number of aryl methyl sites for hydroxylation is 6. The van der Waals surface area contributed by atoms with E-state index in [0.717, 1.165) is 162 Å². The first-order valence-electron chi connectivity index (χ1n) is 44.3. The maximum Gasteiger partial charge on any atom is 0.116 e. The van der Waals surface area contributed by atoms with Gasteiger partial charge in [0, 0.05) is 58.2 Å². The Morgan fingerprint density at radius 2 is 0.310 bits per heavy atom. The Kier molecular flexibility index (Phi) is 23.3. The van der Waals surface area contributed by atoms with Gasteiger partial charge < -0.3 is 0 Å². The van der Waals surface area contributed by atoms with Gasteiger partial charge >= 0.3 is 0 Å². The first kappa shape index (κ1) is 80.5. The van der Waals surface area contributed by atoms with Crippen molar-refractivity contribution in [3.05, 3.63) is 435 Å². The minimum absolute atomic E-state index is 0.804. The van der Waals surface area contributed by atoms with E-state index in [0.29, 0.717) is 0 Å². The lowest BCUT2D eigenvalue weighted by Gasteiger charge is -2.20. The van der Waals surface area contributed by atoms with Crippen LogP contribution >= 0.6 is 0 Å².